The number of nitrogens with zero attached hydrogens (tertiary/aromatic N) is 1. The molecule has 0 unspecified atom stereocenters. The van der Waals surface area contributed by atoms with Gasteiger partial charge in [0.15, 0.2) is 0 Å². The van der Waals surface area contributed by atoms with Gasteiger partial charge in [-0.2, -0.15) is 8.42 Å². The zero-order valence-corrected chi connectivity index (χ0v) is 14.9. The Kier molecular flexibility index (Phi) is 4.52. The fourth-order valence-electron chi connectivity index (χ4n) is 2.49. The van der Waals surface area contributed by atoms with E-state index in [9.17, 15) is 13.2 Å². The summed E-state index contributed by atoms with van der Waals surface area (Å²) in [6.07, 6.45) is 3.45. The van der Waals surface area contributed by atoms with E-state index in [0.29, 0.717) is 5.69 Å². The van der Waals surface area contributed by atoms with Crippen molar-refractivity contribution in [2.24, 2.45) is 0 Å². The third kappa shape index (κ3) is 3.45. The highest BCUT2D eigenvalue weighted by molar-refractivity contribution is 7.92. The third-order valence-electron chi connectivity index (χ3n) is 3.84. The zero-order valence-electron chi connectivity index (χ0n) is 14.1. The molecule has 0 atom stereocenters. The first-order valence-electron chi connectivity index (χ1n) is 7.65. The summed E-state index contributed by atoms with van der Waals surface area (Å²) in [4.78, 5) is 15.1. The number of benzene rings is 1. The number of hydrogen-bond acceptors (Lipinski definition) is 5. The van der Waals surface area contributed by atoms with Crippen molar-refractivity contribution in [3.05, 3.63) is 65.7 Å². The number of sulfonamides is 1. The predicted molar refractivity (Wildman–Crippen MR) is 95.6 cm³/mol. The van der Waals surface area contributed by atoms with Crippen molar-refractivity contribution in [2.75, 3.05) is 4.72 Å². The minimum atomic E-state index is -4.03. The monoisotopic (exact) mass is 372 g/mol. The van der Waals surface area contributed by atoms with Gasteiger partial charge in [0.05, 0.1) is 0 Å². The molecule has 0 radical (unpaired) electrons. The number of nitrogens with one attached hydrogen (secondary N) is 1. The van der Waals surface area contributed by atoms with Crippen LogP contribution in [-0.4, -0.2) is 24.5 Å². The van der Waals surface area contributed by atoms with Crippen LogP contribution in [0.2, 0.25) is 0 Å². The predicted octanol–water partition coefficient (Wildman–Crippen LogP) is 3.46. The van der Waals surface area contributed by atoms with Gasteiger partial charge in [-0.25, -0.2) is 4.79 Å². The molecule has 0 aliphatic heterocycles. The van der Waals surface area contributed by atoms with Gasteiger partial charge in [-0.1, -0.05) is 12.1 Å². The molecule has 0 amide bonds. The van der Waals surface area contributed by atoms with Crippen molar-refractivity contribution in [3.8, 4) is 11.1 Å². The number of carbonyl (C=O) groups is 1. The third-order valence-corrected chi connectivity index (χ3v) is 5.08. The van der Waals surface area contributed by atoms with Crippen molar-refractivity contribution < 1.29 is 22.7 Å². The van der Waals surface area contributed by atoms with E-state index in [2.05, 4.69) is 9.71 Å². The van der Waals surface area contributed by atoms with Gasteiger partial charge < -0.3 is 9.52 Å². The molecule has 0 saturated heterocycles. The highest BCUT2D eigenvalue weighted by Gasteiger charge is 2.23. The Balaban J connectivity index is 1.86. The molecule has 0 fully saturated rings. The van der Waals surface area contributed by atoms with Gasteiger partial charge in [0.1, 0.15) is 0 Å². The van der Waals surface area contributed by atoms with E-state index < -0.39 is 26.8 Å². The van der Waals surface area contributed by atoms with Gasteiger partial charge in [-0.05, 0) is 43.2 Å². The zero-order chi connectivity index (χ0) is 18.9. The van der Waals surface area contributed by atoms with Crippen molar-refractivity contribution in [2.45, 2.75) is 18.9 Å². The van der Waals surface area contributed by atoms with E-state index in [1.54, 1.807) is 36.7 Å². The topological polar surface area (TPSA) is 110 Å². The smallest absolute Gasteiger partial charge is 0.372 e. The lowest BCUT2D eigenvalue weighted by atomic mass is 10.0. The number of aryl methyl sites for hydroxylation is 2. The molecule has 2 N–H and O–H groups in total. The lowest BCUT2D eigenvalue weighted by molar-refractivity contribution is 0.0655. The van der Waals surface area contributed by atoms with Crippen molar-refractivity contribution in [3.63, 3.8) is 0 Å². The number of aromatic nitrogens is 1. The Morgan fingerprint density at radius 3 is 2.38 bits per heavy atom. The summed E-state index contributed by atoms with van der Waals surface area (Å²) >= 11 is 0. The molecule has 134 valence electrons. The van der Waals surface area contributed by atoms with Crippen LogP contribution in [0.15, 0.2) is 58.3 Å². The maximum absolute atomic E-state index is 12.4. The molecule has 3 rings (SSSR count). The van der Waals surface area contributed by atoms with Crippen LogP contribution in [0, 0.1) is 13.8 Å². The number of rotatable bonds is 5. The van der Waals surface area contributed by atoms with Crippen LogP contribution in [0.3, 0.4) is 0 Å². The molecule has 0 bridgehead atoms. The van der Waals surface area contributed by atoms with E-state index in [-0.39, 0.29) is 5.56 Å². The SMILES string of the molecule is Cc1ccncc1-c1ccc(NS(=O)(=O)c2cc(C)c(C(=O)O)o2)cc1. The highest BCUT2D eigenvalue weighted by Crippen LogP contribution is 2.26. The number of carboxylic acids is 1. The van der Waals surface area contributed by atoms with E-state index in [1.165, 1.54) is 13.0 Å². The molecule has 0 aliphatic rings. The molecule has 2 heterocycles. The number of pyridine rings is 1. The average molecular weight is 372 g/mol. The summed E-state index contributed by atoms with van der Waals surface area (Å²) in [5.74, 6) is -1.71. The molecular formula is C18H16N2O5S. The normalized spacial score (nSPS) is 11.3. The van der Waals surface area contributed by atoms with Gasteiger partial charge >= 0.3 is 5.97 Å². The lowest BCUT2D eigenvalue weighted by Crippen LogP contribution is -2.12. The number of furan rings is 1. The Morgan fingerprint density at radius 2 is 1.81 bits per heavy atom. The van der Waals surface area contributed by atoms with E-state index in [1.807, 2.05) is 13.0 Å². The number of hydrogen-bond donors (Lipinski definition) is 2. The first kappa shape index (κ1) is 17.7. The van der Waals surface area contributed by atoms with Crippen LogP contribution >= 0.6 is 0 Å². The first-order chi connectivity index (χ1) is 12.3. The maximum Gasteiger partial charge on any atom is 0.372 e. The second-order valence-electron chi connectivity index (χ2n) is 5.76. The fourth-order valence-corrected chi connectivity index (χ4v) is 3.56. The molecule has 0 aliphatic carbocycles. The van der Waals surface area contributed by atoms with Gasteiger partial charge in [0, 0.05) is 35.3 Å². The fraction of sp³-hybridized carbons (Fsp3) is 0.111. The molecule has 3 aromatic rings. The second kappa shape index (κ2) is 6.64. The Bertz CT molecular complexity index is 1070. The molecule has 7 nitrogen and oxygen atoms in total. The molecule has 2 aromatic heterocycles. The Hall–Kier alpha value is -3.13. The van der Waals surface area contributed by atoms with Gasteiger partial charge in [-0.3, -0.25) is 9.71 Å². The molecule has 8 heteroatoms. The number of aromatic carboxylic acids is 1. The van der Waals surface area contributed by atoms with Gasteiger partial charge in [-0.15, -0.1) is 0 Å². The lowest BCUT2D eigenvalue weighted by Gasteiger charge is -2.08. The summed E-state index contributed by atoms with van der Waals surface area (Å²) in [6.45, 7) is 3.43. The Labute approximate surface area is 150 Å². The molecule has 0 saturated carbocycles. The van der Waals surface area contributed by atoms with Gasteiger partial charge in [0.25, 0.3) is 10.0 Å². The second-order valence-corrected chi connectivity index (χ2v) is 7.37. The number of carboxylic acid groups (broad SMARTS) is 1. The van der Waals surface area contributed by atoms with Crippen molar-refractivity contribution in [1.29, 1.82) is 0 Å². The van der Waals surface area contributed by atoms with Crippen LogP contribution in [0.25, 0.3) is 11.1 Å². The van der Waals surface area contributed by atoms with Crippen LogP contribution in [-0.2, 0) is 10.0 Å². The highest BCUT2D eigenvalue weighted by atomic mass is 32.2. The summed E-state index contributed by atoms with van der Waals surface area (Å²) in [6, 6.07) is 9.86. The largest absolute Gasteiger partial charge is 0.475 e. The molecule has 0 spiro atoms. The minimum Gasteiger partial charge on any atom is -0.475 e. The van der Waals surface area contributed by atoms with E-state index in [4.69, 9.17) is 9.52 Å². The average Bonchev–Trinajstić information content (AvgIpc) is 2.99. The summed E-state index contributed by atoms with van der Waals surface area (Å²) in [5, 5.41) is 8.54. The number of anilines is 1. The van der Waals surface area contributed by atoms with Crippen LogP contribution < -0.4 is 4.72 Å². The molecular weight excluding hydrogens is 356 g/mol. The molecule has 26 heavy (non-hydrogen) atoms. The first-order valence-corrected chi connectivity index (χ1v) is 9.14. The summed E-state index contributed by atoms with van der Waals surface area (Å²) in [5.41, 5.74) is 3.48. The summed E-state index contributed by atoms with van der Waals surface area (Å²) < 4.78 is 32.1. The summed E-state index contributed by atoms with van der Waals surface area (Å²) in [7, 11) is -4.03. The van der Waals surface area contributed by atoms with E-state index >= 15 is 0 Å². The maximum atomic E-state index is 12.4. The van der Waals surface area contributed by atoms with Crippen molar-refractivity contribution in [1.82, 2.24) is 4.98 Å². The van der Waals surface area contributed by atoms with E-state index in [0.717, 1.165) is 16.7 Å². The van der Waals surface area contributed by atoms with Crippen molar-refractivity contribution >= 4 is 21.7 Å². The standard InChI is InChI=1S/C18H16N2O5S/c1-11-7-8-19-10-15(11)13-3-5-14(6-4-13)20-26(23,24)16-9-12(2)17(25-16)18(21)22/h3-10,20H,1-2H3,(H,21,22). The minimum absolute atomic E-state index is 0.236. The Morgan fingerprint density at radius 1 is 1.12 bits per heavy atom. The van der Waals surface area contributed by atoms with Crippen LogP contribution in [0.4, 0.5) is 5.69 Å². The van der Waals surface area contributed by atoms with Crippen LogP contribution in [0.5, 0.6) is 0 Å². The quantitative estimate of drug-likeness (QED) is 0.710. The van der Waals surface area contributed by atoms with Crippen LogP contribution in [0.1, 0.15) is 21.7 Å². The molecule has 1 aromatic carbocycles. The van der Waals surface area contributed by atoms with Gasteiger partial charge in [0.2, 0.25) is 10.9 Å².